The molecule has 3 aromatic rings. The lowest BCUT2D eigenvalue weighted by Gasteiger charge is -2.37. The summed E-state index contributed by atoms with van der Waals surface area (Å²) in [5.41, 5.74) is 6.40. The average molecular weight is 426 g/mol. The molecule has 32 heavy (non-hydrogen) atoms. The third kappa shape index (κ3) is 3.77. The molecule has 5 rings (SSSR count). The maximum Gasteiger partial charge on any atom is 0.118 e. The fourth-order valence-corrected chi connectivity index (χ4v) is 5.19. The minimum Gasteiger partial charge on any atom is -0.497 e. The summed E-state index contributed by atoms with van der Waals surface area (Å²) in [4.78, 5) is 2.55. The van der Waals surface area contributed by atoms with E-state index in [0.717, 1.165) is 31.0 Å². The van der Waals surface area contributed by atoms with Gasteiger partial charge in [0.2, 0.25) is 0 Å². The summed E-state index contributed by atoms with van der Waals surface area (Å²) in [6.07, 6.45) is 9.53. The smallest absolute Gasteiger partial charge is 0.118 e. The topological polar surface area (TPSA) is 21.7 Å². The lowest BCUT2D eigenvalue weighted by atomic mass is 9.67. The molecule has 0 bridgehead atoms. The van der Waals surface area contributed by atoms with Crippen LogP contribution in [0.15, 0.2) is 72.8 Å². The third-order valence-electron chi connectivity index (χ3n) is 7.07. The molecule has 0 amide bonds. The molecule has 164 valence electrons. The van der Waals surface area contributed by atoms with E-state index in [0.29, 0.717) is 0 Å². The Hall–Kier alpha value is -3.20. The first-order chi connectivity index (χ1) is 15.7. The van der Waals surface area contributed by atoms with Crippen molar-refractivity contribution in [2.24, 2.45) is 0 Å². The van der Waals surface area contributed by atoms with Crippen LogP contribution in [0.5, 0.6) is 11.5 Å². The maximum absolute atomic E-state index is 5.42. The Kier molecular flexibility index (Phi) is 5.65. The molecule has 0 radical (unpaired) electrons. The van der Waals surface area contributed by atoms with Crippen molar-refractivity contribution >= 4 is 11.8 Å². The molecule has 1 aliphatic heterocycles. The SMILES string of the molecule is COc1ccc(C2(c3ccc(OC)cc3)C=Cc3ccc(N4CCCCC4)cc3C2)cc1. The summed E-state index contributed by atoms with van der Waals surface area (Å²) in [6, 6.07) is 24.1. The largest absolute Gasteiger partial charge is 0.497 e. The highest BCUT2D eigenvalue weighted by molar-refractivity contribution is 5.67. The van der Waals surface area contributed by atoms with Gasteiger partial charge < -0.3 is 14.4 Å². The van der Waals surface area contributed by atoms with Crippen molar-refractivity contribution in [3.8, 4) is 11.5 Å². The van der Waals surface area contributed by atoms with Gasteiger partial charge in [-0.1, -0.05) is 42.5 Å². The van der Waals surface area contributed by atoms with Crippen LogP contribution in [0.1, 0.15) is 41.5 Å². The van der Waals surface area contributed by atoms with Gasteiger partial charge in [-0.3, -0.25) is 0 Å². The van der Waals surface area contributed by atoms with Crippen LogP contribution in [-0.2, 0) is 11.8 Å². The third-order valence-corrected chi connectivity index (χ3v) is 7.07. The highest BCUT2D eigenvalue weighted by Gasteiger charge is 2.35. The standard InChI is InChI=1S/C29H31NO2/c1-31-27-12-7-24(8-13-27)29(25-9-14-28(32-2)15-10-25)17-16-22-6-11-26(20-23(22)21-29)30-18-4-3-5-19-30/h6-17,20H,3-5,18-19,21H2,1-2H3. The lowest BCUT2D eigenvalue weighted by Crippen LogP contribution is -2.32. The molecule has 0 spiro atoms. The van der Waals surface area contributed by atoms with Crippen LogP contribution in [0.4, 0.5) is 5.69 Å². The van der Waals surface area contributed by atoms with E-state index in [1.807, 2.05) is 0 Å². The van der Waals surface area contributed by atoms with E-state index < -0.39 is 0 Å². The summed E-state index contributed by atoms with van der Waals surface area (Å²) in [5.74, 6) is 1.76. The zero-order valence-electron chi connectivity index (χ0n) is 19.0. The number of fused-ring (bicyclic) bond motifs is 1. The van der Waals surface area contributed by atoms with Crippen LogP contribution in [0.25, 0.3) is 6.08 Å². The second-order valence-corrected chi connectivity index (χ2v) is 8.87. The molecule has 0 saturated carbocycles. The number of rotatable bonds is 5. The van der Waals surface area contributed by atoms with Gasteiger partial charge in [0.05, 0.1) is 14.2 Å². The van der Waals surface area contributed by atoms with E-state index >= 15 is 0 Å². The van der Waals surface area contributed by atoms with Gasteiger partial charge in [-0.15, -0.1) is 0 Å². The molecule has 1 aliphatic carbocycles. The fourth-order valence-electron chi connectivity index (χ4n) is 5.19. The van der Waals surface area contributed by atoms with Crippen LogP contribution in [0.2, 0.25) is 0 Å². The molecule has 3 heteroatoms. The molecule has 1 saturated heterocycles. The minimum atomic E-state index is -0.230. The van der Waals surface area contributed by atoms with Gasteiger partial charge in [-0.25, -0.2) is 0 Å². The maximum atomic E-state index is 5.42. The molecule has 3 nitrogen and oxygen atoms in total. The highest BCUT2D eigenvalue weighted by atomic mass is 16.5. The van der Waals surface area contributed by atoms with Gasteiger partial charge in [-0.2, -0.15) is 0 Å². The predicted octanol–water partition coefficient (Wildman–Crippen LogP) is 6.25. The average Bonchev–Trinajstić information content (AvgIpc) is 2.88. The van der Waals surface area contributed by atoms with Crippen LogP contribution in [0.3, 0.4) is 0 Å². The van der Waals surface area contributed by atoms with Crippen molar-refractivity contribution in [3.63, 3.8) is 0 Å². The Labute approximate surface area is 191 Å². The van der Waals surface area contributed by atoms with Crippen molar-refractivity contribution in [1.29, 1.82) is 0 Å². The van der Waals surface area contributed by atoms with Crippen LogP contribution in [-0.4, -0.2) is 27.3 Å². The zero-order valence-corrected chi connectivity index (χ0v) is 19.0. The normalized spacial score (nSPS) is 17.0. The predicted molar refractivity (Wildman–Crippen MR) is 132 cm³/mol. The molecular weight excluding hydrogens is 394 g/mol. The van der Waals surface area contributed by atoms with Crippen LogP contribution in [0, 0.1) is 0 Å². The molecule has 1 fully saturated rings. The number of allylic oxidation sites excluding steroid dienone is 1. The molecule has 0 aromatic heterocycles. The number of hydrogen-bond acceptors (Lipinski definition) is 3. The Balaban J connectivity index is 1.58. The number of benzene rings is 3. The minimum absolute atomic E-state index is 0.230. The number of ether oxygens (including phenoxy) is 2. The van der Waals surface area contributed by atoms with E-state index in [9.17, 15) is 0 Å². The number of hydrogen-bond donors (Lipinski definition) is 0. The van der Waals surface area contributed by atoms with Crippen molar-refractivity contribution in [1.82, 2.24) is 0 Å². The van der Waals surface area contributed by atoms with Gasteiger partial charge in [0, 0.05) is 24.2 Å². The molecule has 0 N–H and O–H groups in total. The number of piperidine rings is 1. The van der Waals surface area contributed by atoms with E-state index in [-0.39, 0.29) is 5.41 Å². The van der Waals surface area contributed by atoms with Gasteiger partial charge in [-0.05, 0) is 84.3 Å². The monoisotopic (exact) mass is 425 g/mol. The summed E-state index contributed by atoms with van der Waals surface area (Å²) >= 11 is 0. The van der Waals surface area contributed by atoms with Gasteiger partial charge in [0.1, 0.15) is 11.5 Å². The van der Waals surface area contributed by atoms with Crippen molar-refractivity contribution in [3.05, 3.63) is 95.1 Å². The van der Waals surface area contributed by atoms with E-state index in [1.54, 1.807) is 14.2 Å². The first-order valence-corrected chi connectivity index (χ1v) is 11.6. The Morgan fingerprint density at radius 1 is 0.719 bits per heavy atom. The summed E-state index contributed by atoms with van der Waals surface area (Å²) in [5, 5.41) is 0. The number of methoxy groups -OCH3 is 2. The molecule has 0 atom stereocenters. The van der Waals surface area contributed by atoms with E-state index in [2.05, 4.69) is 83.8 Å². The molecule has 1 heterocycles. The summed E-state index contributed by atoms with van der Waals surface area (Å²) in [6.45, 7) is 2.33. The highest BCUT2D eigenvalue weighted by Crippen LogP contribution is 2.43. The Morgan fingerprint density at radius 3 is 1.88 bits per heavy atom. The Bertz CT molecular complexity index is 1050. The zero-order chi connectivity index (χ0) is 22.0. The molecular formula is C29H31NO2. The number of anilines is 1. The number of nitrogens with zero attached hydrogens (tertiary/aromatic N) is 1. The quantitative estimate of drug-likeness (QED) is 0.482. The lowest BCUT2D eigenvalue weighted by molar-refractivity contribution is 0.414. The molecule has 2 aliphatic rings. The first kappa shape index (κ1) is 20.7. The summed E-state index contributed by atoms with van der Waals surface area (Å²) < 4.78 is 10.8. The molecule has 0 unspecified atom stereocenters. The van der Waals surface area contributed by atoms with E-state index in [4.69, 9.17) is 9.47 Å². The van der Waals surface area contributed by atoms with Crippen molar-refractivity contribution in [2.75, 3.05) is 32.2 Å². The molecule has 3 aromatic carbocycles. The summed E-state index contributed by atoms with van der Waals surface area (Å²) in [7, 11) is 3.43. The van der Waals surface area contributed by atoms with Gasteiger partial charge >= 0.3 is 0 Å². The Morgan fingerprint density at radius 2 is 1.31 bits per heavy atom. The second kappa shape index (κ2) is 8.74. The van der Waals surface area contributed by atoms with Gasteiger partial charge in [0.15, 0.2) is 0 Å². The van der Waals surface area contributed by atoms with Crippen LogP contribution >= 0.6 is 0 Å². The van der Waals surface area contributed by atoms with E-state index in [1.165, 1.54) is 47.2 Å². The second-order valence-electron chi connectivity index (χ2n) is 8.87. The fraction of sp³-hybridized carbons (Fsp3) is 0.310. The van der Waals surface area contributed by atoms with Gasteiger partial charge in [0.25, 0.3) is 0 Å². The van der Waals surface area contributed by atoms with Crippen molar-refractivity contribution in [2.45, 2.75) is 31.1 Å². The van der Waals surface area contributed by atoms with Crippen molar-refractivity contribution < 1.29 is 9.47 Å². The van der Waals surface area contributed by atoms with Crippen LogP contribution < -0.4 is 14.4 Å². The first-order valence-electron chi connectivity index (χ1n) is 11.6.